The summed E-state index contributed by atoms with van der Waals surface area (Å²) in [5.74, 6) is -2.97. The molecule has 23 heteroatoms. The number of ether oxygens (including phenoxy) is 2. The highest BCUT2D eigenvalue weighted by atomic mass is 79.9. The molecule has 4 aliphatic heterocycles. The molecular weight excluding hydrogens is 1260 g/mol. The summed E-state index contributed by atoms with van der Waals surface area (Å²) in [5.41, 5.74) is 0.426. The van der Waals surface area contributed by atoms with Crippen LogP contribution in [0.25, 0.3) is 0 Å². The molecule has 0 spiro atoms. The third kappa shape index (κ3) is 21.0. The maximum absolute atomic E-state index is 14.2. The highest BCUT2D eigenvalue weighted by molar-refractivity contribution is 9.08. The monoisotopic (exact) mass is 1360 g/mol. The number of para-hydroxylation sites is 2. The molecule has 0 radical (unpaired) electrons. The van der Waals surface area contributed by atoms with Crippen LogP contribution in [0.3, 0.4) is 0 Å². The number of nitrogens with one attached hydrogen (secondary N) is 5. The van der Waals surface area contributed by atoms with E-state index in [2.05, 4.69) is 60.0 Å². The van der Waals surface area contributed by atoms with Crippen LogP contribution in [-0.4, -0.2) is 107 Å². The number of hydrogen-bond acceptors (Lipinski definition) is 14. The number of fused-ring (bicyclic) bond motifs is 2. The van der Waals surface area contributed by atoms with Crippen molar-refractivity contribution in [2.75, 3.05) is 33.1 Å². The molecule has 0 saturated carbocycles. The van der Waals surface area contributed by atoms with Gasteiger partial charge in [-0.1, -0.05) is 80.0 Å². The quantitative estimate of drug-likeness (QED) is 0.0488. The predicted octanol–water partition coefficient (Wildman–Crippen LogP) is 11.7. The molecule has 4 aromatic rings. The molecule has 91 heavy (non-hydrogen) atoms. The van der Waals surface area contributed by atoms with Gasteiger partial charge in [-0.25, -0.2) is 9.59 Å². The van der Waals surface area contributed by atoms with Gasteiger partial charge in [0.2, 0.25) is 35.4 Å². The molecule has 496 valence electrons. The third-order valence-corrected chi connectivity index (χ3v) is 18.2. The number of alkyl carbamates (subject to hydrolysis) is 2. The number of ketones is 2. The summed E-state index contributed by atoms with van der Waals surface area (Å²) in [6.45, 7) is 25.9. The summed E-state index contributed by atoms with van der Waals surface area (Å²) < 4.78 is 10.6. The van der Waals surface area contributed by atoms with Gasteiger partial charge in [0, 0.05) is 65.7 Å². The average molecular weight is 1360 g/mol. The number of carbonyl (C=O) groups is 10. The number of Topliss-reactive ketones (excluding diaryl/α,β-unsaturated/α-hetero) is 2. The molecule has 4 aliphatic rings. The first-order chi connectivity index (χ1) is 42.6. The zero-order valence-electron chi connectivity index (χ0n) is 55.2. The Morgan fingerprint density at radius 3 is 1.48 bits per heavy atom. The van der Waals surface area contributed by atoms with E-state index >= 15 is 0 Å². The van der Waals surface area contributed by atoms with E-state index in [0.717, 1.165) is 45.6 Å². The van der Waals surface area contributed by atoms with Gasteiger partial charge in [0.25, 0.3) is 0 Å². The molecule has 4 atom stereocenters. The van der Waals surface area contributed by atoms with Crippen LogP contribution in [0.4, 0.5) is 32.3 Å². The Morgan fingerprint density at radius 2 is 1.05 bits per heavy atom. The van der Waals surface area contributed by atoms with E-state index in [4.69, 9.17) is 9.47 Å². The molecule has 2 aromatic carbocycles. The normalized spacial score (nSPS) is 17.4. The molecule has 5 N–H and O–H groups in total. The number of benzene rings is 2. The molecular formula is C68H93BrN8O12S2. The van der Waals surface area contributed by atoms with Gasteiger partial charge in [-0.2, -0.15) is 0 Å². The Kier molecular flexibility index (Phi) is 25.3. The van der Waals surface area contributed by atoms with Crippen LogP contribution in [0.15, 0.2) is 71.4 Å². The molecule has 2 unspecified atom stereocenters. The zero-order chi connectivity index (χ0) is 67.3. The van der Waals surface area contributed by atoms with Crippen LogP contribution < -0.4 is 41.3 Å². The number of halogens is 1. The van der Waals surface area contributed by atoms with Gasteiger partial charge >= 0.3 is 12.2 Å². The van der Waals surface area contributed by atoms with Crippen LogP contribution >= 0.6 is 38.6 Å². The second kappa shape index (κ2) is 31.6. The van der Waals surface area contributed by atoms with Crippen LogP contribution in [0, 0.1) is 23.7 Å². The average Bonchev–Trinajstić information content (AvgIpc) is 1.75. The molecule has 2 saturated heterocycles. The summed E-state index contributed by atoms with van der Waals surface area (Å²) in [7, 11) is 0. The van der Waals surface area contributed by atoms with Crippen molar-refractivity contribution in [2.24, 2.45) is 23.7 Å². The summed E-state index contributed by atoms with van der Waals surface area (Å²) in [4.78, 5) is 138. The largest absolute Gasteiger partial charge is 0.444 e. The first-order valence-electron chi connectivity index (χ1n) is 31.3. The van der Waals surface area contributed by atoms with Gasteiger partial charge in [0.05, 0.1) is 41.4 Å². The summed E-state index contributed by atoms with van der Waals surface area (Å²) in [6, 6.07) is 17.8. The van der Waals surface area contributed by atoms with Crippen molar-refractivity contribution in [1.29, 1.82) is 0 Å². The molecule has 0 aliphatic carbocycles. The lowest BCUT2D eigenvalue weighted by Gasteiger charge is -2.37. The summed E-state index contributed by atoms with van der Waals surface area (Å²) in [5, 5.41) is 18.8. The minimum atomic E-state index is -1.35. The van der Waals surface area contributed by atoms with Crippen molar-refractivity contribution < 1.29 is 57.4 Å². The molecule has 2 fully saturated rings. The van der Waals surface area contributed by atoms with Gasteiger partial charge in [-0.05, 0) is 166 Å². The van der Waals surface area contributed by atoms with Crippen molar-refractivity contribution in [3.8, 4) is 0 Å². The van der Waals surface area contributed by atoms with Crippen molar-refractivity contribution in [1.82, 2.24) is 21.3 Å². The second-order valence-electron chi connectivity index (χ2n) is 27.6. The second-order valence-corrected chi connectivity index (χ2v) is 30.2. The van der Waals surface area contributed by atoms with Gasteiger partial charge in [0.15, 0.2) is 11.6 Å². The highest BCUT2D eigenvalue weighted by Gasteiger charge is 2.42. The molecule has 0 bridgehead atoms. The van der Waals surface area contributed by atoms with Gasteiger partial charge in [-0.3, -0.25) is 38.4 Å². The Hall–Kier alpha value is -6.98. The topological polar surface area (TPSA) is 259 Å². The van der Waals surface area contributed by atoms with E-state index in [1.54, 1.807) is 92.8 Å². The third-order valence-electron chi connectivity index (χ3n) is 15.5. The summed E-state index contributed by atoms with van der Waals surface area (Å²) in [6.07, 6.45) is 2.43. The van der Waals surface area contributed by atoms with E-state index in [-0.39, 0.29) is 59.9 Å². The predicted molar refractivity (Wildman–Crippen MR) is 360 cm³/mol. The number of anilines is 4. The smallest absolute Gasteiger partial charge is 0.408 e. The van der Waals surface area contributed by atoms with E-state index in [9.17, 15) is 47.9 Å². The fourth-order valence-electron chi connectivity index (χ4n) is 11.1. The number of alkyl halides is 1. The first kappa shape index (κ1) is 73.1. The molecule has 8 amide bonds. The number of amides is 8. The van der Waals surface area contributed by atoms with E-state index in [1.807, 2.05) is 81.6 Å². The molecule has 20 nitrogen and oxygen atoms in total. The van der Waals surface area contributed by atoms with Crippen LogP contribution in [0.2, 0.25) is 0 Å². The fraction of sp³-hybridized carbons (Fsp3) is 0.559. The van der Waals surface area contributed by atoms with Gasteiger partial charge in [0.1, 0.15) is 22.3 Å². The molecule has 2 aromatic heterocycles. The first-order valence-corrected chi connectivity index (χ1v) is 34.2. The number of rotatable bonds is 21. The van der Waals surface area contributed by atoms with Crippen LogP contribution in [-0.2, 0) is 72.5 Å². The number of nitrogens with zero attached hydrogens (tertiary/aromatic N) is 3. The molecule has 8 rings (SSSR count). The lowest BCUT2D eigenvalue weighted by Crippen LogP contribution is -2.58. The van der Waals surface area contributed by atoms with Gasteiger partial charge in [-0.15, -0.1) is 22.7 Å². The Bertz CT molecular complexity index is 3260. The van der Waals surface area contributed by atoms with E-state index in [0.29, 0.717) is 69.5 Å². The van der Waals surface area contributed by atoms with Crippen LogP contribution in [0.1, 0.15) is 169 Å². The highest BCUT2D eigenvalue weighted by Crippen LogP contribution is 2.43. The number of hydrogen-bond donors (Lipinski definition) is 5. The van der Waals surface area contributed by atoms with Crippen molar-refractivity contribution in [3.05, 3.63) is 92.3 Å². The van der Waals surface area contributed by atoms with Gasteiger partial charge < -0.3 is 50.8 Å². The minimum Gasteiger partial charge on any atom is -0.444 e. The van der Waals surface area contributed by atoms with Crippen molar-refractivity contribution in [3.63, 3.8) is 0 Å². The standard InChI is InChI=1S/C34H46N4O6S.C29H42N4O6.C5H5BrS/c1-21(2)17-25(35-31(42)34(6,7)36-32(43)44-33(3,4)5)27(39)19-23-18-22-11-8-13-26(37-15-9-14-28(37)40)29(22)38(30(23)41)20-24-12-10-16-45-24;1-17(2)14-20(30-26(37)29(6,7)32-27(38)39-28(3,4)5)22(34)16-19-15-18-10-8-11-21(24(18)31-25(19)36)33-13-9-12-23(33)35;6-4-5-2-1-3-7-5/h8,10-13,16,21,23,25H,9,14-15,17-20H2,1-7H3,(H,35,42)(H,36,43);8,10-11,17,19-20H,9,12-16H2,1-7H3,(H,30,37)(H,31,36)(H,32,38);1-3H,4H2/t23?,25-;19?,20-;/m11./s1. The minimum absolute atomic E-state index is 0.0336. The fourth-order valence-corrected chi connectivity index (χ4v) is 12.9. The van der Waals surface area contributed by atoms with E-state index in [1.165, 1.54) is 18.7 Å². The Morgan fingerprint density at radius 1 is 0.604 bits per heavy atom. The van der Waals surface area contributed by atoms with Crippen molar-refractivity contribution in [2.45, 2.75) is 207 Å². The number of thiophene rings is 2. The Balaban J connectivity index is 0.000000263. The maximum atomic E-state index is 14.2. The maximum Gasteiger partial charge on any atom is 0.408 e. The van der Waals surface area contributed by atoms with Crippen molar-refractivity contribution >= 4 is 121 Å². The lowest BCUT2D eigenvalue weighted by molar-refractivity contribution is -0.133. The Labute approximate surface area is 552 Å². The lowest BCUT2D eigenvalue weighted by atomic mass is 9.85. The van der Waals surface area contributed by atoms with Crippen LogP contribution in [0.5, 0.6) is 0 Å². The molecule has 6 heterocycles. The van der Waals surface area contributed by atoms with E-state index < -0.39 is 70.2 Å². The number of carbonyl (C=O) groups excluding carboxylic acids is 10. The SMILES string of the molecule is BrCc1cccs1.CC(C)C[C@@H](NC(=O)C(C)(C)NC(=O)OC(C)(C)C)C(=O)CC1Cc2cccc(N3CCCC3=O)c2N(Cc2cccs2)C1=O.CC(C)C[C@@H](NC(=O)C(C)(C)NC(=O)OC(C)(C)C)C(=O)CC1Cc2cccc(N3CCCC3=O)c2NC1=O. The zero-order valence-corrected chi connectivity index (χ0v) is 58.4. The summed E-state index contributed by atoms with van der Waals surface area (Å²) >= 11 is 6.67.